The Hall–Kier alpha value is -1.87. The van der Waals surface area contributed by atoms with Gasteiger partial charge in [0.05, 0.1) is 6.61 Å². The Morgan fingerprint density at radius 2 is 2.00 bits per heavy atom. The molecule has 0 aliphatic heterocycles. The van der Waals surface area contributed by atoms with Gasteiger partial charge in [-0.2, -0.15) is 0 Å². The monoisotopic (exact) mass is 256 g/mol. The molecule has 1 unspecified atom stereocenters. The number of hydrogen-bond donors (Lipinski definition) is 1. The molecule has 0 fully saturated rings. The molecule has 0 aliphatic carbocycles. The van der Waals surface area contributed by atoms with Crippen molar-refractivity contribution >= 4 is 0 Å². The van der Waals surface area contributed by atoms with Crippen LogP contribution in [0.25, 0.3) is 0 Å². The van der Waals surface area contributed by atoms with Gasteiger partial charge in [-0.15, -0.1) is 0 Å². The Kier molecular flexibility index (Phi) is 4.53. The largest absolute Gasteiger partial charge is 0.494 e. The molecule has 1 aromatic carbocycles. The average molecular weight is 256 g/mol. The van der Waals surface area contributed by atoms with Crippen LogP contribution in [0.15, 0.2) is 42.6 Å². The predicted molar refractivity (Wildman–Crippen MR) is 77.2 cm³/mol. The summed E-state index contributed by atoms with van der Waals surface area (Å²) in [7, 11) is 0. The Morgan fingerprint density at radius 3 is 2.68 bits per heavy atom. The summed E-state index contributed by atoms with van der Waals surface area (Å²) in [6.07, 6.45) is 2.58. The van der Waals surface area contributed by atoms with E-state index >= 15 is 0 Å². The van der Waals surface area contributed by atoms with Crippen LogP contribution in [0.4, 0.5) is 0 Å². The van der Waals surface area contributed by atoms with E-state index in [1.165, 1.54) is 0 Å². The second-order valence-corrected chi connectivity index (χ2v) is 4.61. The van der Waals surface area contributed by atoms with E-state index < -0.39 is 0 Å². The topological polar surface area (TPSA) is 48.1 Å². The quantitative estimate of drug-likeness (QED) is 0.894. The second-order valence-electron chi connectivity index (χ2n) is 4.61. The highest BCUT2D eigenvalue weighted by molar-refractivity contribution is 5.36. The summed E-state index contributed by atoms with van der Waals surface area (Å²) in [6, 6.07) is 11.9. The van der Waals surface area contributed by atoms with E-state index in [2.05, 4.69) is 11.1 Å². The van der Waals surface area contributed by atoms with Gasteiger partial charge in [-0.25, -0.2) is 0 Å². The zero-order valence-corrected chi connectivity index (χ0v) is 11.5. The minimum absolute atomic E-state index is 0.0991. The van der Waals surface area contributed by atoms with Crippen molar-refractivity contribution in [2.75, 3.05) is 6.61 Å². The molecule has 3 heteroatoms. The highest BCUT2D eigenvalue weighted by atomic mass is 16.5. The molecule has 2 N–H and O–H groups in total. The van der Waals surface area contributed by atoms with Crippen molar-refractivity contribution in [1.82, 2.24) is 4.98 Å². The number of pyridine rings is 1. The number of ether oxygens (including phenoxy) is 1. The Morgan fingerprint density at radius 1 is 1.21 bits per heavy atom. The number of aryl methyl sites for hydroxylation is 1. The summed E-state index contributed by atoms with van der Waals surface area (Å²) < 4.78 is 5.61. The average Bonchev–Trinajstić information content (AvgIpc) is 2.42. The predicted octanol–water partition coefficient (Wildman–Crippen LogP) is 3.03. The third-order valence-electron chi connectivity index (χ3n) is 3.02. The Labute approximate surface area is 114 Å². The van der Waals surface area contributed by atoms with E-state index in [0.29, 0.717) is 13.0 Å². The lowest BCUT2D eigenvalue weighted by molar-refractivity contribution is 0.334. The maximum atomic E-state index is 6.28. The molecule has 1 atom stereocenters. The molecule has 2 aromatic rings. The molecule has 1 aromatic heterocycles. The minimum atomic E-state index is -0.0991. The van der Waals surface area contributed by atoms with Gasteiger partial charge >= 0.3 is 0 Å². The number of hydrogen-bond acceptors (Lipinski definition) is 3. The summed E-state index contributed by atoms with van der Waals surface area (Å²) in [4.78, 5) is 4.40. The van der Waals surface area contributed by atoms with Gasteiger partial charge in [0.1, 0.15) is 5.75 Å². The molecular formula is C16H20N2O. The van der Waals surface area contributed by atoms with Gasteiger partial charge in [0, 0.05) is 29.9 Å². The molecule has 100 valence electrons. The number of benzene rings is 1. The molecule has 0 spiro atoms. The van der Waals surface area contributed by atoms with Gasteiger partial charge in [0.15, 0.2) is 0 Å². The smallest absolute Gasteiger partial charge is 0.124 e. The van der Waals surface area contributed by atoms with Crippen LogP contribution in [0, 0.1) is 6.92 Å². The lowest BCUT2D eigenvalue weighted by atomic mass is 10.0. The van der Waals surface area contributed by atoms with Crippen molar-refractivity contribution in [2.24, 2.45) is 5.73 Å². The van der Waals surface area contributed by atoms with Crippen molar-refractivity contribution in [3.63, 3.8) is 0 Å². The zero-order valence-electron chi connectivity index (χ0n) is 11.5. The molecular weight excluding hydrogens is 236 g/mol. The van der Waals surface area contributed by atoms with Gasteiger partial charge in [-0.05, 0) is 31.5 Å². The third-order valence-corrected chi connectivity index (χ3v) is 3.02. The van der Waals surface area contributed by atoms with E-state index in [1.807, 2.05) is 50.4 Å². The summed E-state index contributed by atoms with van der Waals surface area (Å²) in [5.74, 6) is 0.865. The fourth-order valence-electron chi connectivity index (χ4n) is 2.03. The SMILES string of the molecule is CCOc1ccccc1C(N)Cc1ccc(C)cn1. The van der Waals surface area contributed by atoms with Crippen molar-refractivity contribution < 1.29 is 4.74 Å². The molecule has 0 saturated carbocycles. The Balaban J connectivity index is 2.15. The highest BCUT2D eigenvalue weighted by Crippen LogP contribution is 2.25. The Bertz CT molecular complexity index is 523. The van der Waals surface area contributed by atoms with Gasteiger partial charge in [0.2, 0.25) is 0 Å². The number of nitrogens with zero attached hydrogens (tertiary/aromatic N) is 1. The molecule has 1 heterocycles. The molecule has 2 rings (SSSR count). The summed E-state index contributed by atoms with van der Waals surface area (Å²) in [5.41, 5.74) is 9.47. The molecule has 3 nitrogen and oxygen atoms in total. The third kappa shape index (κ3) is 3.55. The van der Waals surface area contributed by atoms with Crippen LogP contribution in [-0.2, 0) is 6.42 Å². The molecule has 0 aliphatic rings. The van der Waals surface area contributed by atoms with Crippen LogP contribution in [0.5, 0.6) is 5.75 Å². The van der Waals surface area contributed by atoms with Gasteiger partial charge in [0.25, 0.3) is 0 Å². The fraction of sp³-hybridized carbons (Fsp3) is 0.312. The summed E-state index contributed by atoms with van der Waals surface area (Å²) in [6.45, 7) is 4.65. The second kappa shape index (κ2) is 6.34. The van der Waals surface area contributed by atoms with E-state index in [1.54, 1.807) is 0 Å². The maximum absolute atomic E-state index is 6.28. The number of nitrogens with two attached hydrogens (primary N) is 1. The van der Waals surface area contributed by atoms with Crippen LogP contribution in [0.2, 0.25) is 0 Å². The highest BCUT2D eigenvalue weighted by Gasteiger charge is 2.12. The van der Waals surface area contributed by atoms with Crippen LogP contribution in [0.3, 0.4) is 0 Å². The molecule has 0 saturated heterocycles. The van der Waals surface area contributed by atoms with E-state index in [-0.39, 0.29) is 6.04 Å². The van der Waals surface area contributed by atoms with Gasteiger partial charge in [-0.3, -0.25) is 4.98 Å². The normalized spacial score (nSPS) is 12.2. The molecule has 0 bridgehead atoms. The van der Waals surface area contributed by atoms with Gasteiger partial charge in [-0.1, -0.05) is 24.3 Å². The fourth-order valence-corrected chi connectivity index (χ4v) is 2.03. The van der Waals surface area contributed by atoms with Crippen molar-refractivity contribution in [3.05, 3.63) is 59.4 Å². The zero-order chi connectivity index (χ0) is 13.7. The first-order valence-corrected chi connectivity index (χ1v) is 6.59. The van der Waals surface area contributed by atoms with E-state index in [9.17, 15) is 0 Å². The number of rotatable bonds is 5. The summed E-state index contributed by atoms with van der Waals surface area (Å²) >= 11 is 0. The first kappa shape index (κ1) is 13.6. The van der Waals surface area contributed by atoms with Crippen LogP contribution in [0.1, 0.15) is 29.8 Å². The number of aromatic nitrogens is 1. The first-order chi connectivity index (χ1) is 9.20. The maximum Gasteiger partial charge on any atom is 0.124 e. The number of para-hydroxylation sites is 1. The standard InChI is InChI=1S/C16H20N2O/c1-3-19-16-7-5-4-6-14(16)15(17)10-13-9-8-12(2)11-18-13/h4-9,11,15H,3,10,17H2,1-2H3. The lowest BCUT2D eigenvalue weighted by Crippen LogP contribution is -2.15. The van der Waals surface area contributed by atoms with Crippen molar-refractivity contribution in [3.8, 4) is 5.75 Å². The van der Waals surface area contributed by atoms with E-state index in [4.69, 9.17) is 10.5 Å². The first-order valence-electron chi connectivity index (χ1n) is 6.59. The van der Waals surface area contributed by atoms with Crippen molar-refractivity contribution in [2.45, 2.75) is 26.3 Å². The molecule has 0 radical (unpaired) electrons. The van der Waals surface area contributed by atoms with Crippen LogP contribution < -0.4 is 10.5 Å². The minimum Gasteiger partial charge on any atom is -0.494 e. The van der Waals surface area contributed by atoms with E-state index in [0.717, 1.165) is 22.6 Å². The van der Waals surface area contributed by atoms with Crippen molar-refractivity contribution in [1.29, 1.82) is 0 Å². The lowest BCUT2D eigenvalue weighted by Gasteiger charge is -2.16. The summed E-state index contributed by atoms with van der Waals surface area (Å²) in [5, 5.41) is 0. The van der Waals surface area contributed by atoms with Gasteiger partial charge < -0.3 is 10.5 Å². The molecule has 0 amide bonds. The molecule has 19 heavy (non-hydrogen) atoms. The van der Waals surface area contributed by atoms with Crippen LogP contribution in [-0.4, -0.2) is 11.6 Å². The van der Waals surface area contributed by atoms with Crippen LogP contribution >= 0.6 is 0 Å².